The summed E-state index contributed by atoms with van der Waals surface area (Å²) in [6.07, 6.45) is 3.57. The minimum absolute atomic E-state index is 0.0731. The summed E-state index contributed by atoms with van der Waals surface area (Å²) in [5.41, 5.74) is 7.63. The number of anilines is 1. The highest BCUT2D eigenvalue weighted by Crippen LogP contribution is 2.26. The number of nitrogens with zero attached hydrogens (tertiary/aromatic N) is 4. The van der Waals surface area contributed by atoms with Crippen LogP contribution in [-0.2, 0) is 0 Å². The van der Waals surface area contributed by atoms with Gasteiger partial charge in [-0.15, -0.1) is 0 Å². The van der Waals surface area contributed by atoms with Crippen LogP contribution in [-0.4, -0.2) is 33.2 Å². The smallest absolute Gasteiger partial charge is 0.254 e. The van der Waals surface area contributed by atoms with Crippen molar-refractivity contribution in [2.45, 2.75) is 32.7 Å². The maximum atomic E-state index is 12.8. The Hall–Kier alpha value is -2.81. The number of nitriles is 1. The Morgan fingerprint density at radius 1 is 1.38 bits per heavy atom. The second-order valence-corrected chi connectivity index (χ2v) is 6.47. The summed E-state index contributed by atoms with van der Waals surface area (Å²) in [7, 11) is 0. The van der Waals surface area contributed by atoms with E-state index in [0.29, 0.717) is 28.9 Å². The van der Waals surface area contributed by atoms with Gasteiger partial charge >= 0.3 is 0 Å². The van der Waals surface area contributed by atoms with Gasteiger partial charge in [0, 0.05) is 18.2 Å². The molecule has 0 unspecified atom stereocenters. The minimum atomic E-state index is 0.0731. The van der Waals surface area contributed by atoms with Gasteiger partial charge in [0.1, 0.15) is 17.5 Å². The molecule has 1 aromatic carbocycles. The Bertz CT molecular complexity index is 785. The number of hydrogen-bond donors (Lipinski definition) is 1. The van der Waals surface area contributed by atoms with Gasteiger partial charge in [0.05, 0.1) is 11.9 Å². The molecule has 0 radical (unpaired) electrons. The van der Waals surface area contributed by atoms with E-state index in [9.17, 15) is 4.79 Å². The maximum absolute atomic E-state index is 12.8. The van der Waals surface area contributed by atoms with E-state index >= 15 is 0 Å². The average Bonchev–Trinajstić information content (AvgIpc) is 3.21. The Kier molecular flexibility index (Phi) is 4.26. The third-order valence-corrected chi connectivity index (χ3v) is 4.62. The molecule has 2 aromatic rings. The van der Waals surface area contributed by atoms with E-state index in [0.717, 1.165) is 25.1 Å². The molecule has 1 aromatic heterocycles. The van der Waals surface area contributed by atoms with Crippen LogP contribution in [0.1, 0.15) is 42.6 Å². The zero-order valence-corrected chi connectivity index (χ0v) is 13.9. The molecule has 6 heteroatoms. The highest BCUT2D eigenvalue weighted by Gasteiger charge is 2.31. The summed E-state index contributed by atoms with van der Waals surface area (Å²) < 4.78 is 1.50. The van der Waals surface area contributed by atoms with Gasteiger partial charge < -0.3 is 10.6 Å². The van der Waals surface area contributed by atoms with Gasteiger partial charge in [-0.2, -0.15) is 10.4 Å². The number of hydrogen-bond acceptors (Lipinski definition) is 4. The largest absolute Gasteiger partial charge is 0.382 e. The molecule has 0 bridgehead atoms. The Labute approximate surface area is 141 Å². The van der Waals surface area contributed by atoms with Crippen LogP contribution in [0, 0.1) is 17.2 Å². The minimum Gasteiger partial charge on any atom is -0.382 e. The topological polar surface area (TPSA) is 87.9 Å². The Morgan fingerprint density at radius 2 is 2.08 bits per heavy atom. The van der Waals surface area contributed by atoms with E-state index in [1.54, 1.807) is 24.3 Å². The molecule has 0 spiro atoms. The lowest BCUT2D eigenvalue weighted by Gasteiger charge is -2.27. The number of rotatable bonds is 3. The highest BCUT2D eigenvalue weighted by atomic mass is 16.2. The first-order valence-electron chi connectivity index (χ1n) is 8.18. The van der Waals surface area contributed by atoms with E-state index in [4.69, 9.17) is 11.0 Å². The Balaban J connectivity index is 1.83. The summed E-state index contributed by atoms with van der Waals surface area (Å²) in [5, 5.41) is 13.1. The molecular formula is C18H21N5O. The van der Waals surface area contributed by atoms with Crippen LogP contribution in [0.4, 0.5) is 5.82 Å². The molecule has 1 atom stereocenters. The van der Waals surface area contributed by atoms with Gasteiger partial charge in [-0.25, -0.2) is 4.68 Å². The summed E-state index contributed by atoms with van der Waals surface area (Å²) >= 11 is 0. The first-order chi connectivity index (χ1) is 11.5. The molecule has 1 aliphatic heterocycles. The molecule has 24 heavy (non-hydrogen) atoms. The van der Waals surface area contributed by atoms with Crippen LogP contribution in [0.2, 0.25) is 0 Å². The predicted octanol–water partition coefficient (Wildman–Crippen LogP) is 2.59. The van der Waals surface area contributed by atoms with Crippen molar-refractivity contribution >= 4 is 11.7 Å². The van der Waals surface area contributed by atoms with Gasteiger partial charge in [-0.1, -0.05) is 13.8 Å². The van der Waals surface area contributed by atoms with Crippen molar-refractivity contribution in [2.24, 2.45) is 5.92 Å². The van der Waals surface area contributed by atoms with E-state index in [2.05, 4.69) is 18.9 Å². The van der Waals surface area contributed by atoms with Gasteiger partial charge in [-0.3, -0.25) is 4.79 Å². The average molecular weight is 323 g/mol. The van der Waals surface area contributed by atoms with Crippen LogP contribution in [0.25, 0.3) is 5.69 Å². The van der Waals surface area contributed by atoms with E-state index in [1.807, 2.05) is 11.0 Å². The maximum Gasteiger partial charge on any atom is 0.254 e. The summed E-state index contributed by atoms with van der Waals surface area (Å²) in [4.78, 5) is 14.7. The standard InChI is InChI=1S/C18H21N5O/c1-12(2)16-4-3-9-22(16)18(24)13-5-7-15(8-6-13)23-17(20)14(10-19)11-21-23/h5-8,11-12,16H,3-4,9,20H2,1-2H3/t16-/m0/s1. The molecule has 1 saturated heterocycles. The fraction of sp³-hybridized carbons (Fsp3) is 0.389. The van der Waals surface area contributed by atoms with Gasteiger partial charge in [0.2, 0.25) is 0 Å². The Morgan fingerprint density at radius 3 is 2.67 bits per heavy atom. The molecular weight excluding hydrogens is 302 g/mol. The van der Waals surface area contributed by atoms with Crippen molar-refractivity contribution < 1.29 is 4.79 Å². The van der Waals surface area contributed by atoms with Crippen molar-refractivity contribution in [2.75, 3.05) is 12.3 Å². The third kappa shape index (κ3) is 2.73. The van der Waals surface area contributed by atoms with E-state index in [1.165, 1.54) is 10.9 Å². The second-order valence-electron chi connectivity index (χ2n) is 6.47. The second kappa shape index (κ2) is 6.36. The molecule has 0 saturated carbocycles. The number of aromatic nitrogens is 2. The fourth-order valence-electron chi connectivity index (χ4n) is 3.30. The van der Waals surface area contributed by atoms with Crippen molar-refractivity contribution in [1.82, 2.24) is 14.7 Å². The lowest BCUT2D eigenvalue weighted by atomic mass is 10.0. The van der Waals surface area contributed by atoms with Crippen molar-refractivity contribution in [3.8, 4) is 11.8 Å². The lowest BCUT2D eigenvalue weighted by molar-refractivity contribution is 0.0701. The van der Waals surface area contributed by atoms with Crippen molar-refractivity contribution in [1.29, 1.82) is 5.26 Å². The number of amides is 1. The lowest BCUT2D eigenvalue weighted by Crippen LogP contribution is -2.38. The zero-order valence-electron chi connectivity index (χ0n) is 13.9. The van der Waals surface area contributed by atoms with Crippen LogP contribution in [0.5, 0.6) is 0 Å². The van der Waals surface area contributed by atoms with Crippen LogP contribution in [0.15, 0.2) is 30.5 Å². The first-order valence-corrected chi connectivity index (χ1v) is 8.18. The SMILES string of the molecule is CC(C)[C@@H]1CCCN1C(=O)c1ccc(-n2ncc(C#N)c2N)cc1. The molecule has 2 heterocycles. The molecule has 1 aliphatic rings. The summed E-state index contributed by atoms with van der Waals surface area (Å²) in [6, 6.07) is 9.51. The molecule has 1 amide bonds. The van der Waals surface area contributed by atoms with Gasteiger partial charge in [-0.05, 0) is 43.0 Å². The fourth-order valence-corrected chi connectivity index (χ4v) is 3.30. The molecule has 1 fully saturated rings. The van der Waals surface area contributed by atoms with E-state index in [-0.39, 0.29) is 5.91 Å². The van der Waals surface area contributed by atoms with Gasteiger partial charge in [0.25, 0.3) is 5.91 Å². The normalized spacial score (nSPS) is 17.2. The van der Waals surface area contributed by atoms with Gasteiger partial charge in [0.15, 0.2) is 0 Å². The molecule has 2 N–H and O–H groups in total. The number of carbonyl (C=O) groups excluding carboxylic acids is 1. The first kappa shape index (κ1) is 16.1. The highest BCUT2D eigenvalue weighted by molar-refractivity contribution is 5.94. The predicted molar refractivity (Wildman–Crippen MR) is 91.6 cm³/mol. The quantitative estimate of drug-likeness (QED) is 0.940. The summed E-state index contributed by atoms with van der Waals surface area (Å²) in [6.45, 7) is 5.14. The number of likely N-dealkylation sites (tertiary alicyclic amines) is 1. The molecule has 0 aliphatic carbocycles. The number of nitrogen functional groups attached to an aromatic ring is 1. The molecule has 6 nitrogen and oxygen atoms in total. The van der Waals surface area contributed by atoms with E-state index < -0.39 is 0 Å². The number of nitrogens with two attached hydrogens (primary N) is 1. The third-order valence-electron chi connectivity index (χ3n) is 4.62. The summed E-state index contributed by atoms with van der Waals surface area (Å²) in [5.74, 6) is 0.837. The molecule has 3 rings (SSSR count). The van der Waals surface area contributed by atoms with Crippen molar-refractivity contribution in [3.63, 3.8) is 0 Å². The van der Waals surface area contributed by atoms with Crippen LogP contribution in [0.3, 0.4) is 0 Å². The number of benzene rings is 1. The van der Waals surface area contributed by atoms with Crippen molar-refractivity contribution in [3.05, 3.63) is 41.6 Å². The monoisotopic (exact) mass is 323 g/mol. The van der Waals surface area contributed by atoms with Crippen LogP contribution >= 0.6 is 0 Å². The van der Waals surface area contributed by atoms with Crippen LogP contribution < -0.4 is 5.73 Å². The zero-order chi connectivity index (χ0) is 17.3. The number of carbonyl (C=O) groups is 1. The molecule has 124 valence electrons.